The smallest absolute Gasteiger partial charge is 0.0895 e. The van der Waals surface area contributed by atoms with Crippen molar-refractivity contribution in [3.63, 3.8) is 0 Å². The average molecular weight is 301 g/mol. The lowest BCUT2D eigenvalue weighted by molar-refractivity contribution is -0.118. The Bertz CT molecular complexity index is 482. The first-order valence-electron chi connectivity index (χ1n) is 8.79. The van der Waals surface area contributed by atoms with E-state index in [1.54, 1.807) is 0 Å². The van der Waals surface area contributed by atoms with E-state index in [0.29, 0.717) is 12.1 Å². The molecule has 1 aliphatic carbocycles. The van der Waals surface area contributed by atoms with E-state index in [0.717, 1.165) is 18.6 Å². The van der Waals surface area contributed by atoms with Crippen molar-refractivity contribution in [1.29, 1.82) is 0 Å². The monoisotopic (exact) mass is 301 g/mol. The molecule has 4 heteroatoms. The summed E-state index contributed by atoms with van der Waals surface area (Å²) in [6, 6.07) is 6.34. The van der Waals surface area contributed by atoms with Crippen LogP contribution in [-0.4, -0.2) is 59.7 Å². The molecule has 1 aromatic rings. The molecule has 4 rings (SSSR count). The van der Waals surface area contributed by atoms with Gasteiger partial charge in [-0.05, 0) is 56.5 Å². The summed E-state index contributed by atoms with van der Waals surface area (Å²) >= 11 is 0. The molecule has 0 amide bonds. The van der Waals surface area contributed by atoms with Crippen LogP contribution in [0.4, 0.5) is 0 Å². The highest BCUT2D eigenvalue weighted by Gasteiger charge is 2.44. The van der Waals surface area contributed by atoms with Gasteiger partial charge in [0.25, 0.3) is 0 Å². The molecular weight excluding hydrogens is 274 g/mol. The first kappa shape index (κ1) is 14.6. The fraction of sp³-hybridized carbons (Fsp3) is 0.722. The van der Waals surface area contributed by atoms with Crippen molar-refractivity contribution in [3.8, 4) is 0 Å². The first-order valence-corrected chi connectivity index (χ1v) is 8.79. The number of hydrogen-bond acceptors (Lipinski definition) is 4. The summed E-state index contributed by atoms with van der Waals surface area (Å²) in [6.07, 6.45) is 11.1. The minimum absolute atomic E-state index is 0.340. The lowest BCUT2D eigenvalue weighted by atomic mass is 9.85. The second-order valence-corrected chi connectivity index (χ2v) is 7.05. The van der Waals surface area contributed by atoms with Crippen LogP contribution in [0, 0.1) is 0 Å². The third kappa shape index (κ3) is 2.57. The Labute approximate surface area is 133 Å². The van der Waals surface area contributed by atoms with Crippen LogP contribution in [0.1, 0.15) is 43.7 Å². The Kier molecular flexibility index (Phi) is 4.16. The van der Waals surface area contributed by atoms with Gasteiger partial charge in [-0.1, -0.05) is 6.42 Å². The molecule has 0 bridgehead atoms. The van der Waals surface area contributed by atoms with Crippen LogP contribution in [0.5, 0.6) is 0 Å². The quantitative estimate of drug-likeness (QED) is 0.854. The van der Waals surface area contributed by atoms with Gasteiger partial charge < -0.3 is 9.64 Å². The third-order valence-corrected chi connectivity index (χ3v) is 6.01. The van der Waals surface area contributed by atoms with Crippen LogP contribution in [0.15, 0.2) is 24.5 Å². The molecule has 2 aliphatic heterocycles. The predicted molar refractivity (Wildman–Crippen MR) is 86.7 cm³/mol. The Morgan fingerprint density at radius 1 is 1.05 bits per heavy atom. The number of piperidine rings is 1. The summed E-state index contributed by atoms with van der Waals surface area (Å²) in [7, 11) is 1.84. The summed E-state index contributed by atoms with van der Waals surface area (Å²) in [5.74, 6) is 0. The summed E-state index contributed by atoms with van der Waals surface area (Å²) in [5.41, 5.74) is 1.36. The molecule has 120 valence electrons. The van der Waals surface area contributed by atoms with Gasteiger partial charge in [0.05, 0.1) is 12.1 Å². The second-order valence-electron chi connectivity index (χ2n) is 7.05. The molecule has 3 fully saturated rings. The van der Waals surface area contributed by atoms with E-state index in [1.165, 1.54) is 50.8 Å². The summed E-state index contributed by atoms with van der Waals surface area (Å²) in [6.45, 7) is 3.65. The number of pyridine rings is 1. The van der Waals surface area contributed by atoms with Crippen molar-refractivity contribution in [3.05, 3.63) is 30.1 Å². The summed E-state index contributed by atoms with van der Waals surface area (Å²) < 4.78 is 5.69. The van der Waals surface area contributed by atoms with Crippen molar-refractivity contribution in [2.45, 2.75) is 56.3 Å². The van der Waals surface area contributed by atoms with Crippen LogP contribution >= 0.6 is 0 Å². The van der Waals surface area contributed by atoms with Gasteiger partial charge >= 0.3 is 0 Å². The highest BCUT2D eigenvalue weighted by atomic mass is 16.5. The molecule has 3 heterocycles. The maximum Gasteiger partial charge on any atom is 0.0895 e. The largest absolute Gasteiger partial charge is 0.378 e. The van der Waals surface area contributed by atoms with Crippen LogP contribution in [0.3, 0.4) is 0 Å². The normalized spacial score (nSPS) is 31.7. The summed E-state index contributed by atoms with van der Waals surface area (Å²) in [5, 5.41) is 0. The molecule has 2 saturated heterocycles. The average Bonchev–Trinajstić information content (AvgIpc) is 2.48. The zero-order chi connectivity index (χ0) is 14.9. The van der Waals surface area contributed by atoms with Crippen molar-refractivity contribution in [2.75, 3.05) is 26.7 Å². The molecule has 22 heavy (non-hydrogen) atoms. The van der Waals surface area contributed by atoms with E-state index in [4.69, 9.17) is 4.74 Å². The predicted octanol–water partition coefficient (Wildman–Crippen LogP) is 2.47. The minimum atomic E-state index is 0.340. The Morgan fingerprint density at radius 2 is 1.77 bits per heavy atom. The zero-order valence-corrected chi connectivity index (χ0v) is 13.5. The number of likely N-dealkylation sites (tertiary alicyclic amines) is 2. The number of ether oxygens (including phenoxy) is 1. The van der Waals surface area contributed by atoms with E-state index in [-0.39, 0.29) is 0 Å². The van der Waals surface area contributed by atoms with Gasteiger partial charge in [0, 0.05) is 38.1 Å². The van der Waals surface area contributed by atoms with E-state index in [2.05, 4.69) is 26.9 Å². The molecular formula is C18H27N3O. The first-order chi connectivity index (χ1) is 10.9. The van der Waals surface area contributed by atoms with Crippen LogP contribution in [0.25, 0.3) is 0 Å². The molecule has 1 aromatic heterocycles. The van der Waals surface area contributed by atoms with Gasteiger partial charge in [0.2, 0.25) is 0 Å². The molecule has 1 saturated carbocycles. The molecule has 4 nitrogen and oxygen atoms in total. The van der Waals surface area contributed by atoms with E-state index in [9.17, 15) is 0 Å². The van der Waals surface area contributed by atoms with Crippen molar-refractivity contribution in [2.24, 2.45) is 0 Å². The van der Waals surface area contributed by atoms with Gasteiger partial charge in [0.1, 0.15) is 0 Å². The van der Waals surface area contributed by atoms with Crippen LogP contribution in [0.2, 0.25) is 0 Å². The minimum Gasteiger partial charge on any atom is -0.378 e. The van der Waals surface area contributed by atoms with E-state index < -0.39 is 0 Å². The number of methoxy groups -OCH3 is 1. The van der Waals surface area contributed by atoms with Gasteiger partial charge in [0.15, 0.2) is 0 Å². The van der Waals surface area contributed by atoms with Crippen molar-refractivity contribution < 1.29 is 4.74 Å². The van der Waals surface area contributed by atoms with Gasteiger partial charge in [-0.3, -0.25) is 9.88 Å². The molecule has 0 unspecified atom stereocenters. The Hall–Kier alpha value is -0.970. The fourth-order valence-electron chi connectivity index (χ4n) is 4.38. The molecule has 2 atom stereocenters. The lowest BCUT2D eigenvalue weighted by Crippen LogP contribution is -2.61. The standard InChI is InChI=1S/C18H27N3O/c1-22-17-13-21(18(17)14-5-9-19-10-6-14)16-7-11-20(12-8-16)15-3-2-4-15/h5-6,9-10,15-18H,2-4,7-8,11-13H2,1H3/t17-,18-/m0/s1. The number of rotatable bonds is 4. The molecule has 0 N–H and O–H groups in total. The molecule has 3 aliphatic rings. The van der Waals surface area contributed by atoms with Crippen molar-refractivity contribution in [1.82, 2.24) is 14.8 Å². The van der Waals surface area contributed by atoms with E-state index >= 15 is 0 Å². The van der Waals surface area contributed by atoms with Gasteiger partial charge in [-0.25, -0.2) is 0 Å². The maximum atomic E-state index is 5.69. The van der Waals surface area contributed by atoms with Gasteiger partial charge in [-0.2, -0.15) is 0 Å². The zero-order valence-electron chi connectivity index (χ0n) is 13.5. The van der Waals surface area contributed by atoms with Crippen LogP contribution < -0.4 is 0 Å². The molecule has 0 aromatic carbocycles. The Morgan fingerprint density at radius 3 is 2.36 bits per heavy atom. The number of aromatic nitrogens is 1. The maximum absolute atomic E-state index is 5.69. The highest BCUT2D eigenvalue weighted by molar-refractivity contribution is 5.21. The van der Waals surface area contributed by atoms with Gasteiger partial charge in [-0.15, -0.1) is 0 Å². The highest BCUT2D eigenvalue weighted by Crippen LogP contribution is 2.40. The molecule has 0 spiro atoms. The fourth-order valence-corrected chi connectivity index (χ4v) is 4.38. The van der Waals surface area contributed by atoms with E-state index in [1.807, 2.05) is 19.5 Å². The molecule has 0 radical (unpaired) electrons. The Balaban J connectivity index is 1.40. The number of nitrogens with zero attached hydrogens (tertiary/aromatic N) is 3. The second kappa shape index (κ2) is 6.26. The third-order valence-electron chi connectivity index (χ3n) is 6.01. The topological polar surface area (TPSA) is 28.6 Å². The summed E-state index contributed by atoms with van der Waals surface area (Å²) in [4.78, 5) is 9.55. The van der Waals surface area contributed by atoms with Crippen LogP contribution in [-0.2, 0) is 4.74 Å². The SMILES string of the molecule is CO[C@H]1CN(C2CCN(C3CCC3)CC2)[C@H]1c1ccncc1. The lowest BCUT2D eigenvalue weighted by Gasteiger charge is -2.54. The van der Waals surface area contributed by atoms with Crippen molar-refractivity contribution >= 4 is 0 Å². The number of hydrogen-bond donors (Lipinski definition) is 0.